The van der Waals surface area contributed by atoms with Crippen LogP contribution in [0.3, 0.4) is 0 Å². The van der Waals surface area contributed by atoms with Gasteiger partial charge in [0.2, 0.25) is 11.8 Å². The summed E-state index contributed by atoms with van der Waals surface area (Å²) in [6.45, 7) is 13.2. The number of rotatable bonds is 9. The van der Waals surface area contributed by atoms with Gasteiger partial charge in [0, 0.05) is 0 Å². The maximum Gasteiger partial charge on any atom is 0.212 e. The second-order valence-electron chi connectivity index (χ2n) is 9.06. The summed E-state index contributed by atoms with van der Waals surface area (Å²) >= 11 is 0. The van der Waals surface area contributed by atoms with Crippen LogP contribution in [0.5, 0.6) is 0 Å². The van der Waals surface area contributed by atoms with E-state index >= 15 is 0 Å². The van der Waals surface area contributed by atoms with E-state index in [1.807, 2.05) is 58.0 Å². The van der Waals surface area contributed by atoms with E-state index in [4.69, 9.17) is 33.7 Å². The smallest absolute Gasteiger partial charge is 0.212 e. The Morgan fingerprint density at radius 2 is 1.58 bits per heavy atom. The Labute approximate surface area is 197 Å². The van der Waals surface area contributed by atoms with Gasteiger partial charge in [-0.1, -0.05) is 44.2 Å². The highest BCUT2D eigenvalue weighted by molar-refractivity contribution is 5.94. The van der Waals surface area contributed by atoms with Crippen LogP contribution in [0, 0.1) is 5.92 Å². The largest absolute Gasteiger partial charge is 0.480 e. The molecular weight excluding hydrogens is 424 g/mol. The van der Waals surface area contributed by atoms with Crippen LogP contribution in [0.15, 0.2) is 40.3 Å². The van der Waals surface area contributed by atoms with Crippen LogP contribution in [-0.2, 0) is 30.3 Å². The van der Waals surface area contributed by atoms with Crippen LogP contribution in [-0.4, -0.2) is 72.9 Å². The number of aliphatic hydroxyl groups excluding tert-OH is 1. The van der Waals surface area contributed by atoms with E-state index in [0.717, 1.165) is 5.56 Å². The van der Waals surface area contributed by atoms with Crippen molar-refractivity contribution in [1.29, 1.82) is 0 Å². The van der Waals surface area contributed by atoms with Gasteiger partial charge in [-0.25, -0.2) is 9.98 Å². The van der Waals surface area contributed by atoms with Crippen LogP contribution in [0.4, 0.5) is 0 Å². The van der Waals surface area contributed by atoms with E-state index in [2.05, 4.69) is 13.8 Å². The fourth-order valence-corrected chi connectivity index (χ4v) is 4.06. The van der Waals surface area contributed by atoms with E-state index in [1.54, 1.807) is 0 Å². The Morgan fingerprint density at radius 3 is 2.18 bits per heavy atom. The Bertz CT molecular complexity index is 810. The molecule has 0 aromatic heterocycles. The quantitative estimate of drug-likeness (QED) is 0.605. The number of ether oxygens (including phenoxy) is 5. The van der Waals surface area contributed by atoms with Gasteiger partial charge in [-0.2, -0.15) is 0 Å². The number of hydrogen-bond acceptors (Lipinski definition) is 8. The molecule has 0 bridgehead atoms. The average Bonchev–Trinajstić information content (AvgIpc) is 3.09. The van der Waals surface area contributed by atoms with Crippen molar-refractivity contribution in [1.82, 2.24) is 0 Å². The number of benzene rings is 1. The van der Waals surface area contributed by atoms with Crippen molar-refractivity contribution >= 4 is 11.8 Å². The average molecular weight is 463 g/mol. The highest BCUT2D eigenvalue weighted by Gasteiger charge is 2.49. The van der Waals surface area contributed by atoms with Crippen LogP contribution in [0.1, 0.15) is 47.1 Å². The summed E-state index contributed by atoms with van der Waals surface area (Å²) in [6, 6.07) is 8.92. The molecule has 0 aliphatic carbocycles. The molecule has 8 heteroatoms. The van der Waals surface area contributed by atoms with E-state index in [1.165, 1.54) is 0 Å². The van der Waals surface area contributed by atoms with Crippen molar-refractivity contribution in [3.63, 3.8) is 0 Å². The Hall–Kier alpha value is -2.00. The third kappa shape index (κ3) is 6.53. The maximum atomic E-state index is 11.4. The first-order valence-electron chi connectivity index (χ1n) is 11.8. The molecule has 184 valence electrons. The monoisotopic (exact) mass is 462 g/mol. The van der Waals surface area contributed by atoms with Crippen molar-refractivity contribution in [2.24, 2.45) is 15.9 Å². The van der Waals surface area contributed by atoms with Crippen molar-refractivity contribution in [3.8, 4) is 0 Å². The molecule has 0 amide bonds. The van der Waals surface area contributed by atoms with E-state index in [-0.39, 0.29) is 18.6 Å². The highest BCUT2D eigenvalue weighted by Crippen LogP contribution is 2.33. The summed E-state index contributed by atoms with van der Waals surface area (Å²) in [6.07, 6.45) is -2.20. The molecule has 1 saturated heterocycles. The SMILES string of the molecule is CCOC1=N[C@H](C(C)C)C(OCC)=N[C@H]1[C@H](O)[C@H]1OC(C)(C)O[C@H]1COCc1ccccc1. The lowest BCUT2D eigenvalue weighted by Gasteiger charge is -2.32. The molecule has 2 aliphatic rings. The molecule has 1 N–H and O–H groups in total. The minimum atomic E-state index is -1.05. The second-order valence-corrected chi connectivity index (χ2v) is 9.06. The van der Waals surface area contributed by atoms with E-state index in [0.29, 0.717) is 31.6 Å². The zero-order valence-corrected chi connectivity index (χ0v) is 20.6. The lowest BCUT2D eigenvalue weighted by atomic mass is 9.97. The van der Waals surface area contributed by atoms with Crippen LogP contribution >= 0.6 is 0 Å². The van der Waals surface area contributed by atoms with E-state index < -0.39 is 30.1 Å². The minimum Gasteiger partial charge on any atom is -0.480 e. The fraction of sp³-hybridized carbons (Fsp3) is 0.680. The molecule has 0 saturated carbocycles. The van der Waals surface area contributed by atoms with Crippen molar-refractivity contribution in [3.05, 3.63) is 35.9 Å². The summed E-state index contributed by atoms with van der Waals surface area (Å²) in [7, 11) is 0. The molecule has 5 atom stereocenters. The topological polar surface area (TPSA) is 91.1 Å². The zero-order chi connectivity index (χ0) is 24.0. The van der Waals surface area contributed by atoms with Gasteiger partial charge in [0.25, 0.3) is 0 Å². The van der Waals surface area contributed by atoms with Gasteiger partial charge in [0.15, 0.2) is 11.8 Å². The molecule has 1 aromatic carbocycles. The fourth-order valence-electron chi connectivity index (χ4n) is 4.06. The van der Waals surface area contributed by atoms with Gasteiger partial charge >= 0.3 is 0 Å². The molecule has 33 heavy (non-hydrogen) atoms. The van der Waals surface area contributed by atoms with Gasteiger partial charge in [0.1, 0.15) is 24.4 Å². The lowest BCUT2D eigenvalue weighted by Crippen LogP contribution is -2.50. The third-order valence-corrected chi connectivity index (χ3v) is 5.53. The van der Waals surface area contributed by atoms with Crippen molar-refractivity contribution in [2.75, 3.05) is 19.8 Å². The molecule has 1 fully saturated rings. The van der Waals surface area contributed by atoms with E-state index in [9.17, 15) is 5.11 Å². The van der Waals surface area contributed by atoms with Gasteiger partial charge in [-0.3, -0.25) is 0 Å². The van der Waals surface area contributed by atoms with Gasteiger partial charge < -0.3 is 28.8 Å². The lowest BCUT2D eigenvalue weighted by molar-refractivity contribution is -0.158. The molecule has 2 aliphatic heterocycles. The number of aliphatic hydroxyl groups is 1. The first-order valence-corrected chi connectivity index (χ1v) is 11.8. The molecular formula is C25H38N2O6. The molecule has 0 radical (unpaired) electrons. The summed E-state index contributed by atoms with van der Waals surface area (Å²) in [5, 5.41) is 11.4. The maximum absolute atomic E-state index is 11.4. The van der Waals surface area contributed by atoms with Crippen molar-refractivity contribution in [2.45, 2.75) is 84.3 Å². The molecule has 3 rings (SSSR count). The number of nitrogens with zero attached hydrogens (tertiary/aromatic N) is 2. The second kappa shape index (κ2) is 11.4. The molecule has 2 heterocycles. The summed E-state index contributed by atoms with van der Waals surface area (Å²) < 4.78 is 29.7. The predicted molar refractivity (Wildman–Crippen MR) is 126 cm³/mol. The van der Waals surface area contributed by atoms with Crippen molar-refractivity contribution < 1.29 is 28.8 Å². The van der Waals surface area contributed by atoms with Gasteiger partial charge in [0.05, 0.1) is 26.4 Å². The number of hydrogen-bond donors (Lipinski definition) is 1. The Kier molecular flexibility index (Phi) is 8.87. The minimum absolute atomic E-state index is 0.174. The van der Waals surface area contributed by atoms with Crippen LogP contribution in [0.25, 0.3) is 0 Å². The molecule has 0 spiro atoms. The highest BCUT2D eigenvalue weighted by atomic mass is 16.8. The standard InChI is InChI=1S/C25H38N2O6/c1-7-30-23-19(16(3)4)26-24(31-8-2)20(27-23)21(28)22-18(32-25(5,6)33-22)15-29-14-17-12-10-9-11-13-17/h9-13,16,18-22,28H,7-8,14-15H2,1-6H3/t18-,19+,20-,21-,22-/m0/s1. The summed E-state index contributed by atoms with van der Waals surface area (Å²) in [5.74, 6) is 0.212. The first-order chi connectivity index (χ1) is 15.8. The van der Waals surface area contributed by atoms with Crippen LogP contribution in [0.2, 0.25) is 0 Å². The molecule has 0 unspecified atom stereocenters. The Morgan fingerprint density at radius 1 is 0.970 bits per heavy atom. The number of aliphatic imine (C=N–C) groups is 2. The Balaban J connectivity index is 1.78. The first kappa shape index (κ1) is 25.6. The van der Waals surface area contributed by atoms with Gasteiger partial charge in [-0.05, 0) is 39.2 Å². The van der Waals surface area contributed by atoms with Gasteiger partial charge in [-0.15, -0.1) is 0 Å². The normalized spacial score (nSPS) is 27.8. The summed E-state index contributed by atoms with van der Waals surface area (Å²) in [5.41, 5.74) is 1.07. The molecule has 8 nitrogen and oxygen atoms in total. The summed E-state index contributed by atoms with van der Waals surface area (Å²) in [4.78, 5) is 9.50. The third-order valence-electron chi connectivity index (χ3n) is 5.53. The predicted octanol–water partition coefficient (Wildman–Crippen LogP) is 3.36. The van der Waals surface area contributed by atoms with Crippen LogP contribution < -0.4 is 0 Å². The molecule has 1 aromatic rings. The zero-order valence-electron chi connectivity index (χ0n) is 20.6.